The Morgan fingerprint density at radius 2 is 1.80 bits per heavy atom. The van der Waals surface area contributed by atoms with Crippen LogP contribution in [-0.4, -0.2) is 36.1 Å². The van der Waals surface area contributed by atoms with Crippen molar-refractivity contribution in [2.45, 2.75) is 6.92 Å². The van der Waals surface area contributed by atoms with E-state index in [-0.39, 0.29) is 0 Å². The Morgan fingerprint density at radius 3 is 2.45 bits per heavy atom. The summed E-state index contributed by atoms with van der Waals surface area (Å²) in [4.78, 5) is 14.8. The van der Waals surface area contributed by atoms with Crippen LogP contribution in [0, 0.1) is 6.92 Å². The molecule has 0 saturated heterocycles. The van der Waals surface area contributed by atoms with Crippen molar-refractivity contribution >= 4 is 39.5 Å². The third-order valence-electron chi connectivity index (χ3n) is 2.69. The molecule has 1 heterocycles. The van der Waals surface area contributed by atoms with Gasteiger partial charge >= 0.3 is 0 Å². The van der Waals surface area contributed by atoms with E-state index >= 15 is 0 Å². The molecule has 2 aromatic rings. The molecule has 0 saturated carbocycles. The van der Waals surface area contributed by atoms with Gasteiger partial charge in [0.2, 0.25) is 17.8 Å². The fourth-order valence-electron chi connectivity index (χ4n) is 1.60. The van der Waals surface area contributed by atoms with Crippen molar-refractivity contribution in [2.24, 2.45) is 0 Å². The minimum atomic E-state index is 0.499. The van der Waals surface area contributed by atoms with Crippen molar-refractivity contribution in [2.75, 3.05) is 36.7 Å². The number of benzene rings is 1. The molecular weight excluding hydrogens is 320 g/mol. The molecule has 0 aliphatic heterocycles. The van der Waals surface area contributed by atoms with Gasteiger partial charge in [0.1, 0.15) is 0 Å². The number of nitrogens with one attached hydrogen (secondary N) is 2. The lowest BCUT2D eigenvalue weighted by Gasteiger charge is -2.14. The largest absolute Gasteiger partial charge is 0.357 e. The number of aromatic nitrogens is 3. The first-order chi connectivity index (χ1) is 9.51. The summed E-state index contributed by atoms with van der Waals surface area (Å²) in [6, 6.07) is 5.98. The van der Waals surface area contributed by atoms with Crippen molar-refractivity contribution in [1.82, 2.24) is 15.0 Å². The molecule has 0 bridgehead atoms. The highest BCUT2D eigenvalue weighted by Gasteiger charge is 2.09. The lowest BCUT2D eigenvalue weighted by molar-refractivity contribution is 0.963. The van der Waals surface area contributed by atoms with Gasteiger partial charge in [-0.25, -0.2) is 0 Å². The van der Waals surface area contributed by atoms with Gasteiger partial charge in [-0.3, -0.25) is 0 Å². The highest BCUT2D eigenvalue weighted by molar-refractivity contribution is 9.10. The van der Waals surface area contributed by atoms with Crippen molar-refractivity contribution in [3.05, 3.63) is 28.2 Å². The van der Waals surface area contributed by atoms with Crippen LogP contribution in [0.15, 0.2) is 22.7 Å². The number of halogens is 1. The highest BCUT2D eigenvalue weighted by Crippen LogP contribution is 2.28. The van der Waals surface area contributed by atoms with Crippen molar-refractivity contribution in [3.8, 4) is 0 Å². The van der Waals surface area contributed by atoms with Crippen LogP contribution in [0.4, 0.5) is 23.5 Å². The van der Waals surface area contributed by atoms with Gasteiger partial charge in [0.15, 0.2) is 0 Å². The average Bonchev–Trinajstić information content (AvgIpc) is 2.43. The zero-order chi connectivity index (χ0) is 14.7. The van der Waals surface area contributed by atoms with E-state index in [2.05, 4.69) is 41.5 Å². The number of aryl methyl sites for hydroxylation is 1. The van der Waals surface area contributed by atoms with Crippen LogP contribution in [0.3, 0.4) is 0 Å². The Hall–Kier alpha value is -1.89. The topological polar surface area (TPSA) is 66.0 Å². The highest BCUT2D eigenvalue weighted by atomic mass is 79.9. The van der Waals surface area contributed by atoms with Crippen LogP contribution >= 0.6 is 15.9 Å². The van der Waals surface area contributed by atoms with E-state index in [1.54, 1.807) is 7.05 Å². The van der Waals surface area contributed by atoms with Crippen molar-refractivity contribution in [1.29, 1.82) is 0 Å². The third-order valence-corrected chi connectivity index (χ3v) is 3.74. The SMILES string of the molecule is CNc1nc(Nc2cccc(C)c2Br)nc(N(C)C)n1. The summed E-state index contributed by atoms with van der Waals surface area (Å²) in [7, 11) is 5.56. The molecule has 0 aliphatic carbocycles. The van der Waals surface area contributed by atoms with Crippen LogP contribution in [0.1, 0.15) is 5.56 Å². The molecule has 1 aromatic carbocycles. The maximum atomic E-state index is 4.38. The van der Waals surface area contributed by atoms with Gasteiger partial charge in [-0.15, -0.1) is 0 Å². The molecule has 2 N–H and O–H groups in total. The number of hydrogen-bond acceptors (Lipinski definition) is 6. The smallest absolute Gasteiger partial charge is 0.233 e. The fourth-order valence-corrected chi connectivity index (χ4v) is 1.96. The zero-order valence-corrected chi connectivity index (χ0v) is 13.5. The lowest BCUT2D eigenvalue weighted by Crippen LogP contribution is -2.15. The molecule has 0 radical (unpaired) electrons. The van der Waals surface area contributed by atoms with E-state index in [1.165, 1.54) is 0 Å². The molecule has 0 fully saturated rings. The molecule has 7 heteroatoms. The van der Waals surface area contributed by atoms with Gasteiger partial charge < -0.3 is 15.5 Å². The second-order valence-corrected chi connectivity index (χ2v) is 5.28. The fraction of sp³-hybridized carbons (Fsp3) is 0.308. The van der Waals surface area contributed by atoms with Crippen molar-refractivity contribution < 1.29 is 0 Å². The van der Waals surface area contributed by atoms with Gasteiger partial charge in [-0.05, 0) is 34.5 Å². The second kappa shape index (κ2) is 6.04. The maximum Gasteiger partial charge on any atom is 0.233 e. The Bertz CT molecular complexity index is 614. The summed E-state index contributed by atoms with van der Waals surface area (Å²) in [6.07, 6.45) is 0. The van der Waals surface area contributed by atoms with Gasteiger partial charge in [0.25, 0.3) is 0 Å². The molecule has 6 nitrogen and oxygen atoms in total. The molecule has 0 aliphatic rings. The maximum absolute atomic E-state index is 4.38. The standard InChI is InChI=1S/C13H17BrN6/c1-8-6-5-7-9(10(8)14)16-12-17-11(15-2)18-13(19-12)20(3)4/h5-7H,1-4H3,(H2,15,16,17,18,19). The molecule has 0 atom stereocenters. The Labute approximate surface area is 126 Å². The lowest BCUT2D eigenvalue weighted by atomic mass is 10.2. The Balaban J connectivity index is 2.37. The van der Waals surface area contributed by atoms with E-state index in [4.69, 9.17) is 0 Å². The van der Waals surface area contributed by atoms with Crippen LogP contribution < -0.4 is 15.5 Å². The summed E-state index contributed by atoms with van der Waals surface area (Å²) < 4.78 is 0.998. The second-order valence-electron chi connectivity index (χ2n) is 4.49. The molecule has 0 unspecified atom stereocenters. The minimum Gasteiger partial charge on any atom is -0.357 e. The molecule has 20 heavy (non-hydrogen) atoms. The number of nitrogens with zero attached hydrogens (tertiary/aromatic N) is 4. The average molecular weight is 337 g/mol. The van der Waals surface area contributed by atoms with Gasteiger partial charge in [-0.1, -0.05) is 12.1 Å². The predicted molar refractivity (Wildman–Crippen MR) is 85.9 cm³/mol. The number of rotatable bonds is 4. The van der Waals surface area contributed by atoms with Crippen LogP contribution in [-0.2, 0) is 0 Å². The summed E-state index contributed by atoms with van der Waals surface area (Å²) in [6.45, 7) is 2.03. The normalized spacial score (nSPS) is 10.2. The molecule has 0 spiro atoms. The van der Waals surface area contributed by atoms with Crippen LogP contribution in [0.2, 0.25) is 0 Å². The van der Waals surface area contributed by atoms with E-state index in [1.807, 2.05) is 44.1 Å². The first kappa shape index (κ1) is 14.5. The first-order valence-electron chi connectivity index (χ1n) is 6.14. The van der Waals surface area contributed by atoms with E-state index < -0.39 is 0 Å². The molecular formula is C13H17BrN6. The predicted octanol–water partition coefficient (Wildman–Crippen LogP) is 2.79. The molecule has 0 amide bonds. The van der Waals surface area contributed by atoms with E-state index in [9.17, 15) is 0 Å². The Kier molecular flexibility index (Phi) is 4.39. The van der Waals surface area contributed by atoms with Crippen LogP contribution in [0.5, 0.6) is 0 Å². The Morgan fingerprint density at radius 1 is 1.10 bits per heavy atom. The summed E-state index contributed by atoms with van der Waals surface area (Å²) in [5, 5.41) is 6.14. The number of anilines is 4. The van der Waals surface area contributed by atoms with Gasteiger partial charge in [-0.2, -0.15) is 15.0 Å². The molecule has 2 rings (SSSR count). The monoisotopic (exact) mass is 336 g/mol. The molecule has 106 valence electrons. The van der Waals surface area contributed by atoms with Crippen molar-refractivity contribution in [3.63, 3.8) is 0 Å². The first-order valence-corrected chi connectivity index (χ1v) is 6.94. The van der Waals surface area contributed by atoms with E-state index in [0.29, 0.717) is 17.8 Å². The third kappa shape index (κ3) is 3.16. The zero-order valence-electron chi connectivity index (χ0n) is 11.9. The quantitative estimate of drug-likeness (QED) is 0.894. The van der Waals surface area contributed by atoms with E-state index in [0.717, 1.165) is 15.7 Å². The number of hydrogen-bond donors (Lipinski definition) is 2. The minimum absolute atomic E-state index is 0.499. The molecule has 1 aromatic heterocycles. The van der Waals surface area contributed by atoms with Crippen LogP contribution in [0.25, 0.3) is 0 Å². The summed E-state index contributed by atoms with van der Waals surface area (Å²) in [5.41, 5.74) is 2.06. The van der Waals surface area contributed by atoms with Gasteiger partial charge in [0.05, 0.1) is 5.69 Å². The summed E-state index contributed by atoms with van der Waals surface area (Å²) in [5.74, 6) is 1.62. The van der Waals surface area contributed by atoms with Gasteiger partial charge in [0, 0.05) is 25.6 Å². The summed E-state index contributed by atoms with van der Waals surface area (Å²) >= 11 is 3.56.